The summed E-state index contributed by atoms with van der Waals surface area (Å²) in [6.07, 6.45) is 2.68. The van der Waals surface area contributed by atoms with Crippen molar-refractivity contribution in [2.75, 3.05) is 19.3 Å². The van der Waals surface area contributed by atoms with Crippen molar-refractivity contribution in [1.82, 2.24) is 19.5 Å². The quantitative estimate of drug-likeness (QED) is 0.604. The van der Waals surface area contributed by atoms with E-state index in [1.165, 1.54) is 4.52 Å². The Bertz CT molecular complexity index is 920. The first-order valence-corrected chi connectivity index (χ1v) is 9.12. The number of nitrogen functional groups attached to an aromatic ring is 1. The molecule has 3 aromatic rings. The minimum Gasteiger partial charge on any atom is -0.446 e. The zero-order valence-electron chi connectivity index (χ0n) is 14.6. The lowest BCUT2D eigenvalue weighted by Gasteiger charge is -2.16. The summed E-state index contributed by atoms with van der Waals surface area (Å²) >= 11 is 3.25. The van der Waals surface area contributed by atoms with Crippen LogP contribution in [0.1, 0.15) is 26.2 Å². The van der Waals surface area contributed by atoms with E-state index in [0.717, 1.165) is 19.3 Å². The third-order valence-electron chi connectivity index (χ3n) is 3.85. The zero-order valence-corrected chi connectivity index (χ0v) is 16.2. The van der Waals surface area contributed by atoms with E-state index in [2.05, 4.69) is 32.9 Å². The van der Waals surface area contributed by atoms with E-state index in [1.807, 2.05) is 0 Å². The van der Waals surface area contributed by atoms with Crippen molar-refractivity contribution >= 4 is 33.5 Å². The Kier molecular flexibility index (Phi) is 5.46. The fraction of sp³-hybridized carbons (Fsp3) is 0.353. The van der Waals surface area contributed by atoms with Crippen LogP contribution in [0.5, 0.6) is 5.75 Å². The number of unbranched alkanes of at least 4 members (excludes halogenated alkanes) is 2. The standard InChI is InChI=1S/C17H20BrN5O3/c1-3-4-5-8-22(2)17(24)25-11-9-14(19)23-15(10-11)20-16(21-23)12-6-7-13(18)26-12/h6-7,9-10H,3-5,8,19H2,1-2H3. The van der Waals surface area contributed by atoms with E-state index < -0.39 is 6.09 Å². The second kappa shape index (κ2) is 7.77. The summed E-state index contributed by atoms with van der Waals surface area (Å²) < 4.78 is 12.9. The Balaban J connectivity index is 1.78. The number of pyridine rings is 1. The lowest BCUT2D eigenvalue weighted by Crippen LogP contribution is -2.30. The van der Waals surface area contributed by atoms with Crippen LogP contribution in [0.4, 0.5) is 10.6 Å². The molecule has 0 saturated heterocycles. The van der Waals surface area contributed by atoms with Gasteiger partial charge in [-0.2, -0.15) is 4.52 Å². The number of carbonyl (C=O) groups excluding carboxylic acids is 1. The van der Waals surface area contributed by atoms with Crippen LogP contribution < -0.4 is 10.5 Å². The molecule has 0 saturated carbocycles. The van der Waals surface area contributed by atoms with Crippen LogP contribution in [0.2, 0.25) is 0 Å². The first kappa shape index (κ1) is 18.2. The minimum atomic E-state index is -0.431. The lowest BCUT2D eigenvalue weighted by molar-refractivity contribution is 0.162. The highest BCUT2D eigenvalue weighted by Gasteiger charge is 2.16. The molecule has 0 aliphatic carbocycles. The monoisotopic (exact) mass is 421 g/mol. The molecule has 0 spiro atoms. The molecule has 8 nitrogen and oxygen atoms in total. The van der Waals surface area contributed by atoms with Crippen LogP contribution in [0.3, 0.4) is 0 Å². The van der Waals surface area contributed by atoms with E-state index in [1.54, 1.807) is 36.2 Å². The summed E-state index contributed by atoms with van der Waals surface area (Å²) in [5.41, 5.74) is 6.48. The van der Waals surface area contributed by atoms with Crippen LogP contribution in [-0.2, 0) is 0 Å². The molecule has 0 aliphatic rings. The summed E-state index contributed by atoms with van der Waals surface area (Å²) in [5.74, 6) is 1.53. The summed E-state index contributed by atoms with van der Waals surface area (Å²) in [5, 5.41) is 4.32. The molecule has 0 bridgehead atoms. The van der Waals surface area contributed by atoms with Gasteiger partial charge in [0, 0.05) is 25.7 Å². The van der Waals surface area contributed by atoms with Gasteiger partial charge in [-0.3, -0.25) is 0 Å². The highest BCUT2D eigenvalue weighted by molar-refractivity contribution is 9.10. The summed E-state index contributed by atoms with van der Waals surface area (Å²) in [6.45, 7) is 2.76. The van der Waals surface area contributed by atoms with Gasteiger partial charge in [0.1, 0.15) is 11.6 Å². The molecule has 0 fully saturated rings. The van der Waals surface area contributed by atoms with Gasteiger partial charge in [-0.05, 0) is 34.5 Å². The van der Waals surface area contributed by atoms with Gasteiger partial charge in [0.2, 0.25) is 5.82 Å². The predicted molar refractivity (Wildman–Crippen MR) is 101 cm³/mol. The Morgan fingerprint density at radius 1 is 1.38 bits per heavy atom. The summed E-state index contributed by atoms with van der Waals surface area (Å²) in [6, 6.07) is 6.66. The Morgan fingerprint density at radius 2 is 2.19 bits per heavy atom. The maximum atomic E-state index is 12.2. The van der Waals surface area contributed by atoms with Crippen molar-refractivity contribution in [3.63, 3.8) is 0 Å². The molecule has 2 N–H and O–H groups in total. The van der Waals surface area contributed by atoms with E-state index in [0.29, 0.717) is 40.0 Å². The third kappa shape index (κ3) is 3.98. The molecule has 0 radical (unpaired) electrons. The van der Waals surface area contributed by atoms with Crippen molar-refractivity contribution in [2.45, 2.75) is 26.2 Å². The number of amides is 1. The number of nitrogens with two attached hydrogens (primary N) is 1. The zero-order chi connectivity index (χ0) is 18.7. The number of ether oxygens (including phenoxy) is 1. The van der Waals surface area contributed by atoms with Crippen molar-refractivity contribution < 1.29 is 13.9 Å². The van der Waals surface area contributed by atoms with Gasteiger partial charge in [-0.25, -0.2) is 9.78 Å². The topological polar surface area (TPSA) is 98.9 Å². The number of hydrogen-bond acceptors (Lipinski definition) is 6. The van der Waals surface area contributed by atoms with Gasteiger partial charge in [0.05, 0.1) is 0 Å². The fourth-order valence-corrected chi connectivity index (χ4v) is 2.76. The van der Waals surface area contributed by atoms with Crippen molar-refractivity contribution in [3.8, 4) is 17.3 Å². The van der Waals surface area contributed by atoms with E-state index in [4.69, 9.17) is 14.9 Å². The SMILES string of the molecule is CCCCCN(C)C(=O)Oc1cc(N)n2nc(-c3ccc(Br)o3)nc2c1. The largest absolute Gasteiger partial charge is 0.446 e. The maximum Gasteiger partial charge on any atom is 0.414 e. The Morgan fingerprint density at radius 3 is 2.88 bits per heavy atom. The Labute approximate surface area is 159 Å². The second-order valence-electron chi connectivity index (χ2n) is 5.92. The number of fused-ring (bicyclic) bond motifs is 1. The van der Waals surface area contributed by atoms with Gasteiger partial charge in [0.25, 0.3) is 0 Å². The molecule has 3 rings (SSSR count). The predicted octanol–water partition coefficient (Wildman–Crippen LogP) is 3.95. The fourth-order valence-electron chi connectivity index (χ4n) is 2.45. The van der Waals surface area contributed by atoms with E-state index in [-0.39, 0.29) is 0 Å². The first-order chi connectivity index (χ1) is 12.5. The molecule has 138 valence electrons. The van der Waals surface area contributed by atoms with Gasteiger partial charge in [-0.15, -0.1) is 5.10 Å². The number of hydrogen-bond donors (Lipinski definition) is 1. The summed E-state index contributed by atoms with van der Waals surface area (Å²) in [7, 11) is 1.71. The molecule has 3 aromatic heterocycles. The number of aromatic nitrogens is 3. The number of carbonyl (C=O) groups is 1. The van der Waals surface area contributed by atoms with Gasteiger partial charge >= 0.3 is 6.09 Å². The van der Waals surface area contributed by atoms with Crippen molar-refractivity contribution in [2.24, 2.45) is 0 Å². The minimum absolute atomic E-state index is 0.309. The van der Waals surface area contributed by atoms with E-state index >= 15 is 0 Å². The van der Waals surface area contributed by atoms with Crippen molar-refractivity contribution in [3.05, 3.63) is 28.9 Å². The number of anilines is 1. The summed E-state index contributed by atoms with van der Waals surface area (Å²) in [4.78, 5) is 18.1. The highest BCUT2D eigenvalue weighted by atomic mass is 79.9. The van der Waals surface area contributed by atoms with E-state index in [9.17, 15) is 4.79 Å². The molecule has 0 unspecified atom stereocenters. The molecule has 0 aromatic carbocycles. The average molecular weight is 422 g/mol. The molecular formula is C17H20BrN5O3. The van der Waals surface area contributed by atoms with Gasteiger partial charge in [0.15, 0.2) is 16.1 Å². The number of rotatable bonds is 6. The van der Waals surface area contributed by atoms with Gasteiger partial charge < -0.3 is 19.8 Å². The van der Waals surface area contributed by atoms with Crippen molar-refractivity contribution in [1.29, 1.82) is 0 Å². The number of nitrogens with zero attached hydrogens (tertiary/aromatic N) is 4. The first-order valence-electron chi connectivity index (χ1n) is 8.33. The lowest BCUT2D eigenvalue weighted by atomic mass is 10.2. The maximum absolute atomic E-state index is 12.2. The smallest absolute Gasteiger partial charge is 0.414 e. The molecule has 3 heterocycles. The molecule has 1 amide bonds. The van der Waals surface area contributed by atoms with Crippen LogP contribution in [0.15, 0.2) is 33.4 Å². The molecular weight excluding hydrogens is 402 g/mol. The van der Waals surface area contributed by atoms with Crippen LogP contribution in [0, 0.1) is 0 Å². The van der Waals surface area contributed by atoms with Crippen LogP contribution in [-0.4, -0.2) is 39.2 Å². The Hall–Kier alpha value is -2.55. The number of furan rings is 1. The van der Waals surface area contributed by atoms with Crippen LogP contribution >= 0.6 is 15.9 Å². The van der Waals surface area contributed by atoms with Crippen LogP contribution in [0.25, 0.3) is 17.2 Å². The highest BCUT2D eigenvalue weighted by Crippen LogP contribution is 2.25. The van der Waals surface area contributed by atoms with Gasteiger partial charge in [-0.1, -0.05) is 19.8 Å². The normalized spacial score (nSPS) is 11.0. The molecule has 0 aliphatic heterocycles. The molecule has 26 heavy (non-hydrogen) atoms. The second-order valence-corrected chi connectivity index (χ2v) is 6.70. The number of halogens is 1. The molecule has 9 heteroatoms. The third-order valence-corrected chi connectivity index (χ3v) is 4.27. The average Bonchev–Trinajstić information content (AvgIpc) is 3.21. The molecule has 0 atom stereocenters.